The Hall–Kier alpha value is -2.72. The summed E-state index contributed by atoms with van der Waals surface area (Å²) in [5.74, 6) is -0.550. The van der Waals surface area contributed by atoms with Crippen LogP contribution in [0.2, 0.25) is 0 Å². The lowest BCUT2D eigenvalue weighted by atomic mass is 10.1. The largest absolute Gasteiger partial charge is 0.416 e. The number of nitrogens with one attached hydrogen (secondary N) is 1. The molecule has 1 saturated heterocycles. The molecule has 0 aliphatic carbocycles. The molecule has 1 aliphatic heterocycles. The van der Waals surface area contributed by atoms with Crippen LogP contribution in [0.15, 0.2) is 30.3 Å². The molecule has 1 amide bonds. The second-order valence-electron chi connectivity index (χ2n) is 6.28. The maximum Gasteiger partial charge on any atom is 0.416 e. The average Bonchev–Trinajstić information content (AvgIpc) is 2.68. The number of nitrogens with two attached hydrogens (primary N) is 1. The van der Waals surface area contributed by atoms with E-state index in [4.69, 9.17) is 10.5 Å². The summed E-state index contributed by atoms with van der Waals surface area (Å²) in [5, 5.41) is 3.04. The van der Waals surface area contributed by atoms with Crippen molar-refractivity contribution >= 4 is 11.9 Å². The lowest BCUT2D eigenvalue weighted by Crippen LogP contribution is -2.39. The molecule has 0 saturated carbocycles. The second-order valence-corrected chi connectivity index (χ2v) is 6.28. The molecule has 1 aliphatic rings. The number of aromatic nitrogens is 2. The number of morpholine rings is 1. The van der Waals surface area contributed by atoms with Crippen LogP contribution in [-0.4, -0.2) is 60.2 Å². The number of carbonyl (C=O) groups is 1. The number of primary amides is 1. The molecule has 10 heteroatoms. The van der Waals surface area contributed by atoms with Crippen LogP contribution in [0, 0.1) is 0 Å². The molecule has 28 heavy (non-hydrogen) atoms. The average molecular weight is 395 g/mol. The van der Waals surface area contributed by atoms with E-state index in [1.807, 2.05) is 0 Å². The summed E-state index contributed by atoms with van der Waals surface area (Å²) in [5.41, 5.74) is 5.29. The predicted octanol–water partition coefficient (Wildman–Crippen LogP) is 2.01. The molecule has 0 atom stereocenters. The van der Waals surface area contributed by atoms with E-state index in [9.17, 15) is 18.0 Å². The van der Waals surface area contributed by atoms with Gasteiger partial charge >= 0.3 is 6.18 Å². The first-order valence-corrected chi connectivity index (χ1v) is 8.73. The first-order valence-electron chi connectivity index (χ1n) is 8.73. The van der Waals surface area contributed by atoms with E-state index in [1.165, 1.54) is 18.2 Å². The van der Waals surface area contributed by atoms with Crippen LogP contribution in [0.1, 0.15) is 16.1 Å². The molecular formula is C18H20F3N5O2. The number of hydrogen-bond donors (Lipinski definition) is 2. The van der Waals surface area contributed by atoms with Crippen LogP contribution < -0.4 is 11.1 Å². The van der Waals surface area contributed by atoms with E-state index in [-0.39, 0.29) is 11.6 Å². The zero-order chi connectivity index (χ0) is 20.1. The van der Waals surface area contributed by atoms with Crippen molar-refractivity contribution in [3.8, 4) is 11.3 Å². The van der Waals surface area contributed by atoms with Crippen molar-refractivity contribution in [3.63, 3.8) is 0 Å². The van der Waals surface area contributed by atoms with Gasteiger partial charge in [-0.2, -0.15) is 13.2 Å². The monoisotopic (exact) mass is 395 g/mol. The highest BCUT2D eigenvalue weighted by atomic mass is 19.4. The smallest absolute Gasteiger partial charge is 0.379 e. The molecule has 3 rings (SSSR count). The van der Waals surface area contributed by atoms with E-state index in [2.05, 4.69) is 20.2 Å². The van der Waals surface area contributed by atoms with E-state index in [0.29, 0.717) is 31.0 Å². The van der Waals surface area contributed by atoms with Crippen LogP contribution in [-0.2, 0) is 10.9 Å². The Bertz CT molecular complexity index is 821. The van der Waals surface area contributed by atoms with Gasteiger partial charge in [-0.1, -0.05) is 12.1 Å². The van der Waals surface area contributed by atoms with Crippen LogP contribution >= 0.6 is 0 Å². The van der Waals surface area contributed by atoms with E-state index in [0.717, 1.165) is 31.8 Å². The maximum absolute atomic E-state index is 12.7. The minimum Gasteiger partial charge on any atom is -0.379 e. The third kappa shape index (κ3) is 5.17. The first kappa shape index (κ1) is 20.0. The van der Waals surface area contributed by atoms with Crippen molar-refractivity contribution in [2.24, 2.45) is 5.73 Å². The van der Waals surface area contributed by atoms with E-state index in [1.54, 1.807) is 0 Å². The molecule has 2 heterocycles. The number of carbonyl (C=O) groups excluding carboxylic acids is 1. The Morgan fingerprint density at radius 1 is 1.18 bits per heavy atom. The van der Waals surface area contributed by atoms with Gasteiger partial charge in [0, 0.05) is 31.7 Å². The van der Waals surface area contributed by atoms with Crippen LogP contribution in [0.3, 0.4) is 0 Å². The number of alkyl halides is 3. The Labute approximate surface area is 159 Å². The van der Waals surface area contributed by atoms with Gasteiger partial charge in [0.25, 0.3) is 5.91 Å². The molecule has 0 spiro atoms. The van der Waals surface area contributed by atoms with Gasteiger partial charge in [0.15, 0.2) is 0 Å². The number of nitrogens with zero attached hydrogens (tertiary/aromatic N) is 3. The highest BCUT2D eigenvalue weighted by Gasteiger charge is 2.30. The van der Waals surface area contributed by atoms with Crippen molar-refractivity contribution < 1.29 is 22.7 Å². The minimum atomic E-state index is -4.42. The van der Waals surface area contributed by atoms with Crippen molar-refractivity contribution in [2.75, 3.05) is 44.7 Å². The second kappa shape index (κ2) is 8.53. The predicted molar refractivity (Wildman–Crippen MR) is 96.7 cm³/mol. The van der Waals surface area contributed by atoms with E-state index >= 15 is 0 Å². The molecule has 1 aromatic heterocycles. The van der Waals surface area contributed by atoms with Gasteiger partial charge in [0.1, 0.15) is 5.69 Å². The summed E-state index contributed by atoms with van der Waals surface area (Å²) in [4.78, 5) is 22.2. The number of amides is 1. The molecule has 0 radical (unpaired) electrons. The SMILES string of the molecule is NC(=O)c1cc(-c2ccc(C(F)(F)F)cc2)nc(NCCN2CCOCC2)n1. The molecular weight excluding hydrogens is 375 g/mol. The highest BCUT2D eigenvalue weighted by molar-refractivity contribution is 5.92. The van der Waals surface area contributed by atoms with Crippen LogP contribution in [0.25, 0.3) is 11.3 Å². The number of benzene rings is 1. The Morgan fingerprint density at radius 3 is 2.46 bits per heavy atom. The number of ether oxygens (including phenoxy) is 1. The zero-order valence-electron chi connectivity index (χ0n) is 15.0. The maximum atomic E-state index is 12.7. The van der Waals surface area contributed by atoms with Gasteiger partial charge < -0.3 is 15.8 Å². The van der Waals surface area contributed by atoms with Crippen molar-refractivity contribution in [2.45, 2.75) is 6.18 Å². The van der Waals surface area contributed by atoms with Gasteiger partial charge in [-0.15, -0.1) is 0 Å². The van der Waals surface area contributed by atoms with Crippen LogP contribution in [0.5, 0.6) is 0 Å². The fourth-order valence-corrected chi connectivity index (χ4v) is 2.78. The number of anilines is 1. The van der Waals surface area contributed by atoms with Gasteiger partial charge in [0.05, 0.1) is 24.5 Å². The fourth-order valence-electron chi connectivity index (χ4n) is 2.78. The first-order chi connectivity index (χ1) is 13.3. The Morgan fingerprint density at radius 2 is 1.86 bits per heavy atom. The number of hydrogen-bond acceptors (Lipinski definition) is 6. The fraction of sp³-hybridized carbons (Fsp3) is 0.389. The highest BCUT2D eigenvalue weighted by Crippen LogP contribution is 2.30. The van der Waals surface area contributed by atoms with Gasteiger partial charge in [-0.25, -0.2) is 9.97 Å². The number of rotatable bonds is 6. The van der Waals surface area contributed by atoms with Crippen molar-refractivity contribution in [1.82, 2.24) is 14.9 Å². The molecule has 1 aromatic carbocycles. The summed E-state index contributed by atoms with van der Waals surface area (Å²) in [6.45, 7) is 4.32. The van der Waals surface area contributed by atoms with E-state index < -0.39 is 17.6 Å². The Kier molecular flexibility index (Phi) is 6.10. The third-order valence-corrected chi connectivity index (χ3v) is 4.30. The molecule has 1 fully saturated rings. The standard InChI is InChI=1S/C18H20F3N5O2/c19-18(20,21)13-3-1-12(2-4-13)14-11-15(16(22)27)25-17(24-14)23-5-6-26-7-9-28-10-8-26/h1-4,11H,5-10H2,(H2,22,27)(H,23,24,25). The lowest BCUT2D eigenvalue weighted by molar-refractivity contribution is -0.137. The quantitative estimate of drug-likeness (QED) is 0.777. The summed E-state index contributed by atoms with van der Waals surface area (Å²) < 4.78 is 43.5. The molecule has 3 N–H and O–H groups in total. The molecule has 7 nitrogen and oxygen atoms in total. The zero-order valence-corrected chi connectivity index (χ0v) is 15.0. The third-order valence-electron chi connectivity index (χ3n) is 4.30. The Balaban J connectivity index is 1.76. The lowest BCUT2D eigenvalue weighted by Gasteiger charge is -2.26. The summed E-state index contributed by atoms with van der Waals surface area (Å²) in [6.07, 6.45) is -4.42. The van der Waals surface area contributed by atoms with Crippen molar-refractivity contribution in [3.05, 3.63) is 41.6 Å². The van der Waals surface area contributed by atoms with Crippen molar-refractivity contribution in [1.29, 1.82) is 0 Å². The normalized spacial score (nSPS) is 15.4. The molecule has 2 aromatic rings. The molecule has 0 unspecified atom stereocenters. The molecule has 150 valence electrons. The number of halogens is 3. The van der Waals surface area contributed by atoms with Gasteiger partial charge in [0.2, 0.25) is 5.95 Å². The summed E-state index contributed by atoms with van der Waals surface area (Å²) in [7, 11) is 0. The van der Waals surface area contributed by atoms with Crippen LogP contribution in [0.4, 0.5) is 19.1 Å². The summed E-state index contributed by atoms with van der Waals surface area (Å²) in [6, 6.07) is 5.89. The summed E-state index contributed by atoms with van der Waals surface area (Å²) >= 11 is 0. The van der Waals surface area contributed by atoms with Gasteiger partial charge in [-0.3, -0.25) is 9.69 Å². The topological polar surface area (TPSA) is 93.4 Å². The van der Waals surface area contributed by atoms with Gasteiger partial charge in [-0.05, 0) is 18.2 Å². The molecule has 0 bridgehead atoms. The minimum absolute atomic E-state index is 0.0150.